The molecule has 100 valence electrons. The standard InChI is InChI=1S/C12H10F3N3O/c13-12(14,15)8-2-1-3-9(6-8)19-11-10(7-16)17-4-5-18-11/h1-6H,7,16H2. The number of benzene rings is 1. The number of nitrogens with two attached hydrogens (primary N) is 1. The van der Waals surface area contributed by atoms with Crippen LogP contribution in [0.25, 0.3) is 0 Å². The molecule has 0 fully saturated rings. The Labute approximate surface area is 107 Å². The zero-order valence-electron chi connectivity index (χ0n) is 9.69. The van der Waals surface area contributed by atoms with Gasteiger partial charge < -0.3 is 10.5 Å². The molecule has 0 saturated carbocycles. The van der Waals surface area contributed by atoms with Crippen LogP contribution in [0.4, 0.5) is 13.2 Å². The maximum Gasteiger partial charge on any atom is 0.416 e. The summed E-state index contributed by atoms with van der Waals surface area (Å²) in [5, 5.41) is 0. The van der Waals surface area contributed by atoms with Crippen molar-refractivity contribution in [2.45, 2.75) is 12.7 Å². The molecule has 0 aliphatic rings. The van der Waals surface area contributed by atoms with E-state index in [0.29, 0.717) is 5.69 Å². The molecule has 1 heterocycles. The van der Waals surface area contributed by atoms with Crippen molar-refractivity contribution >= 4 is 0 Å². The molecule has 1 aromatic heterocycles. The molecule has 0 unspecified atom stereocenters. The van der Waals surface area contributed by atoms with Gasteiger partial charge >= 0.3 is 6.18 Å². The highest BCUT2D eigenvalue weighted by Gasteiger charge is 2.30. The summed E-state index contributed by atoms with van der Waals surface area (Å²) in [6.07, 6.45) is -1.61. The second-order valence-electron chi connectivity index (χ2n) is 3.64. The minimum Gasteiger partial charge on any atom is -0.437 e. The molecule has 2 aromatic rings. The summed E-state index contributed by atoms with van der Waals surface area (Å²) < 4.78 is 42.9. The first-order valence-electron chi connectivity index (χ1n) is 5.36. The molecule has 7 heteroatoms. The second-order valence-corrected chi connectivity index (χ2v) is 3.64. The van der Waals surface area contributed by atoms with Gasteiger partial charge in [-0.1, -0.05) is 6.07 Å². The van der Waals surface area contributed by atoms with Crippen LogP contribution in [-0.4, -0.2) is 9.97 Å². The molecule has 1 aromatic carbocycles. The smallest absolute Gasteiger partial charge is 0.416 e. The van der Waals surface area contributed by atoms with Crippen LogP contribution in [0.3, 0.4) is 0 Å². The Morgan fingerprint density at radius 1 is 1.16 bits per heavy atom. The van der Waals surface area contributed by atoms with Crippen LogP contribution in [0.15, 0.2) is 36.7 Å². The van der Waals surface area contributed by atoms with Crippen molar-refractivity contribution in [1.29, 1.82) is 0 Å². The monoisotopic (exact) mass is 269 g/mol. The van der Waals surface area contributed by atoms with E-state index in [4.69, 9.17) is 10.5 Å². The van der Waals surface area contributed by atoms with Gasteiger partial charge in [0.05, 0.1) is 5.56 Å². The summed E-state index contributed by atoms with van der Waals surface area (Å²) in [6.45, 7) is 0.0855. The molecule has 2 N–H and O–H groups in total. The quantitative estimate of drug-likeness (QED) is 0.930. The third kappa shape index (κ3) is 3.19. The average Bonchev–Trinajstić information content (AvgIpc) is 2.39. The van der Waals surface area contributed by atoms with E-state index in [9.17, 15) is 13.2 Å². The van der Waals surface area contributed by atoms with Crippen LogP contribution < -0.4 is 10.5 Å². The first kappa shape index (κ1) is 13.3. The minimum absolute atomic E-state index is 0.0324. The largest absolute Gasteiger partial charge is 0.437 e. The third-order valence-corrected chi connectivity index (χ3v) is 2.30. The number of nitrogens with zero attached hydrogens (tertiary/aromatic N) is 2. The number of rotatable bonds is 3. The number of ether oxygens (including phenoxy) is 1. The molecule has 19 heavy (non-hydrogen) atoms. The van der Waals surface area contributed by atoms with Crippen LogP contribution in [0.1, 0.15) is 11.3 Å². The lowest BCUT2D eigenvalue weighted by Gasteiger charge is -2.10. The van der Waals surface area contributed by atoms with E-state index in [1.807, 2.05) is 0 Å². The maximum atomic E-state index is 12.5. The summed E-state index contributed by atoms with van der Waals surface area (Å²) in [4.78, 5) is 7.82. The molecule has 2 rings (SSSR count). The normalized spacial score (nSPS) is 11.4. The third-order valence-electron chi connectivity index (χ3n) is 2.30. The fraction of sp³-hybridized carbons (Fsp3) is 0.167. The van der Waals surface area contributed by atoms with Gasteiger partial charge in [-0.2, -0.15) is 13.2 Å². The highest BCUT2D eigenvalue weighted by Crippen LogP contribution is 2.32. The predicted octanol–water partition coefficient (Wildman–Crippen LogP) is 2.75. The maximum absolute atomic E-state index is 12.5. The Hall–Kier alpha value is -2.15. The molecule has 0 spiro atoms. The van der Waals surface area contributed by atoms with E-state index in [0.717, 1.165) is 12.1 Å². The van der Waals surface area contributed by atoms with Gasteiger partial charge in [0.2, 0.25) is 5.88 Å². The Morgan fingerprint density at radius 2 is 1.89 bits per heavy atom. The highest BCUT2D eigenvalue weighted by atomic mass is 19.4. The summed E-state index contributed by atoms with van der Waals surface area (Å²) >= 11 is 0. The van der Waals surface area contributed by atoms with E-state index in [1.54, 1.807) is 0 Å². The fourth-order valence-corrected chi connectivity index (χ4v) is 1.43. The van der Waals surface area contributed by atoms with E-state index < -0.39 is 11.7 Å². The lowest BCUT2D eigenvalue weighted by Crippen LogP contribution is -2.06. The van der Waals surface area contributed by atoms with Crippen LogP contribution in [0, 0.1) is 0 Å². The van der Waals surface area contributed by atoms with Crippen LogP contribution in [0.2, 0.25) is 0 Å². The Kier molecular flexibility index (Phi) is 3.66. The summed E-state index contributed by atoms with van der Waals surface area (Å²) in [7, 11) is 0. The first-order chi connectivity index (χ1) is 9.00. The molecular weight excluding hydrogens is 259 g/mol. The first-order valence-corrected chi connectivity index (χ1v) is 5.36. The number of halogens is 3. The molecule has 0 atom stereocenters. The van der Waals surface area contributed by atoms with Crippen LogP contribution in [0.5, 0.6) is 11.6 Å². The number of aromatic nitrogens is 2. The van der Waals surface area contributed by atoms with Crippen LogP contribution >= 0.6 is 0 Å². The summed E-state index contributed by atoms with van der Waals surface area (Å²) in [6, 6.07) is 4.53. The van der Waals surface area contributed by atoms with Crippen molar-refractivity contribution in [1.82, 2.24) is 9.97 Å². The Balaban J connectivity index is 2.29. The van der Waals surface area contributed by atoms with Gasteiger partial charge in [0.15, 0.2) is 0 Å². The Morgan fingerprint density at radius 3 is 2.58 bits per heavy atom. The molecule has 0 aliphatic heterocycles. The Bertz CT molecular complexity index is 572. The zero-order chi connectivity index (χ0) is 13.9. The van der Waals surface area contributed by atoms with Crippen LogP contribution in [-0.2, 0) is 12.7 Å². The van der Waals surface area contributed by atoms with Crippen molar-refractivity contribution in [3.63, 3.8) is 0 Å². The van der Waals surface area contributed by atoms with E-state index in [2.05, 4.69) is 9.97 Å². The van der Waals surface area contributed by atoms with Crippen molar-refractivity contribution in [2.24, 2.45) is 5.73 Å². The number of hydrogen-bond acceptors (Lipinski definition) is 4. The van der Waals surface area contributed by atoms with Gasteiger partial charge in [0.25, 0.3) is 0 Å². The van der Waals surface area contributed by atoms with Gasteiger partial charge in [-0.3, -0.25) is 4.98 Å². The van der Waals surface area contributed by atoms with Gasteiger partial charge in [-0.25, -0.2) is 4.98 Å². The molecule has 0 bridgehead atoms. The van der Waals surface area contributed by atoms with E-state index in [-0.39, 0.29) is 18.2 Å². The van der Waals surface area contributed by atoms with Crippen molar-refractivity contribution < 1.29 is 17.9 Å². The summed E-state index contributed by atoms with van der Waals surface area (Å²) in [5.41, 5.74) is 5.03. The van der Waals surface area contributed by atoms with Crippen molar-refractivity contribution in [3.8, 4) is 11.6 Å². The van der Waals surface area contributed by atoms with Gasteiger partial charge in [-0.05, 0) is 18.2 Å². The van der Waals surface area contributed by atoms with Gasteiger partial charge in [0, 0.05) is 18.9 Å². The highest BCUT2D eigenvalue weighted by molar-refractivity contribution is 5.33. The molecule has 4 nitrogen and oxygen atoms in total. The number of alkyl halides is 3. The molecule has 0 radical (unpaired) electrons. The van der Waals surface area contributed by atoms with Gasteiger partial charge in [0.1, 0.15) is 11.4 Å². The predicted molar refractivity (Wildman–Crippen MR) is 61.4 cm³/mol. The molecule has 0 amide bonds. The van der Waals surface area contributed by atoms with Crippen molar-refractivity contribution in [2.75, 3.05) is 0 Å². The van der Waals surface area contributed by atoms with Gasteiger partial charge in [-0.15, -0.1) is 0 Å². The lowest BCUT2D eigenvalue weighted by atomic mass is 10.2. The SMILES string of the molecule is NCc1nccnc1Oc1cccc(C(F)(F)F)c1. The average molecular weight is 269 g/mol. The van der Waals surface area contributed by atoms with E-state index in [1.165, 1.54) is 24.5 Å². The fourth-order valence-electron chi connectivity index (χ4n) is 1.43. The lowest BCUT2D eigenvalue weighted by molar-refractivity contribution is -0.137. The number of hydrogen-bond donors (Lipinski definition) is 1. The van der Waals surface area contributed by atoms with E-state index >= 15 is 0 Å². The second kappa shape index (κ2) is 5.23. The molecule has 0 aliphatic carbocycles. The topological polar surface area (TPSA) is 61.0 Å². The molecular formula is C12H10F3N3O. The zero-order valence-corrected chi connectivity index (χ0v) is 9.69. The van der Waals surface area contributed by atoms with Crippen molar-refractivity contribution in [3.05, 3.63) is 47.9 Å². The minimum atomic E-state index is -4.42. The molecule has 0 saturated heterocycles. The summed E-state index contributed by atoms with van der Waals surface area (Å²) in [5.74, 6) is 0.134.